The molecule has 0 bridgehead atoms. The van der Waals surface area contributed by atoms with Crippen molar-refractivity contribution >= 4 is 11.8 Å². The number of nitrogens with one attached hydrogen (secondary N) is 1. The number of hydrogen-bond donors (Lipinski definition) is 1. The van der Waals surface area contributed by atoms with Crippen LogP contribution in [0, 0.1) is 11.8 Å². The third-order valence-corrected chi connectivity index (χ3v) is 3.28. The van der Waals surface area contributed by atoms with Crippen molar-refractivity contribution in [3.05, 3.63) is 35.9 Å². The summed E-state index contributed by atoms with van der Waals surface area (Å²) in [5.74, 6) is 4.98. The molecule has 0 aromatic heterocycles. The zero-order valence-corrected chi connectivity index (χ0v) is 12.1. The zero-order valence-electron chi connectivity index (χ0n) is 12.1. The number of carbonyl (C=O) groups excluding carboxylic acids is 2. The molecule has 0 unspecified atom stereocenters. The standard InChI is InChI=1S/C16H19N3O2/c1-18(13-16(21)19-11-9-17-10-12-19)15(20)8-7-14-5-3-2-4-6-14/h2-6,17H,9-13H2,1H3. The van der Waals surface area contributed by atoms with Gasteiger partial charge in [0.25, 0.3) is 5.91 Å². The maximum absolute atomic E-state index is 12.0. The Labute approximate surface area is 124 Å². The molecule has 0 atom stereocenters. The zero-order chi connectivity index (χ0) is 15.1. The van der Waals surface area contributed by atoms with Gasteiger partial charge in [0.15, 0.2) is 0 Å². The molecule has 1 aliphatic rings. The van der Waals surface area contributed by atoms with Crippen molar-refractivity contribution < 1.29 is 9.59 Å². The summed E-state index contributed by atoms with van der Waals surface area (Å²) in [6.45, 7) is 3.06. The fraction of sp³-hybridized carbons (Fsp3) is 0.375. The first-order chi connectivity index (χ1) is 10.2. The van der Waals surface area contributed by atoms with Crippen LogP contribution in [-0.2, 0) is 9.59 Å². The third kappa shape index (κ3) is 4.62. The van der Waals surface area contributed by atoms with E-state index in [9.17, 15) is 9.59 Å². The van der Waals surface area contributed by atoms with E-state index in [0.29, 0.717) is 13.1 Å². The second-order valence-corrected chi connectivity index (χ2v) is 4.91. The summed E-state index contributed by atoms with van der Waals surface area (Å²) in [5, 5.41) is 3.19. The molecular formula is C16H19N3O2. The molecule has 2 amide bonds. The van der Waals surface area contributed by atoms with Gasteiger partial charge in [-0.1, -0.05) is 24.1 Å². The Balaban J connectivity index is 1.88. The van der Waals surface area contributed by atoms with Gasteiger partial charge in [-0.2, -0.15) is 0 Å². The van der Waals surface area contributed by atoms with E-state index in [0.717, 1.165) is 18.7 Å². The summed E-state index contributed by atoms with van der Waals surface area (Å²) in [7, 11) is 1.60. The van der Waals surface area contributed by atoms with Crippen molar-refractivity contribution in [2.45, 2.75) is 0 Å². The Morgan fingerprint density at radius 1 is 1.24 bits per heavy atom. The van der Waals surface area contributed by atoms with Crippen LogP contribution in [0.25, 0.3) is 0 Å². The highest BCUT2D eigenvalue weighted by Gasteiger charge is 2.19. The van der Waals surface area contributed by atoms with Gasteiger partial charge in [-0.25, -0.2) is 0 Å². The molecule has 1 heterocycles. The Bertz CT molecular complexity index is 554. The van der Waals surface area contributed by atoms with Gasteiger partial charge >= 0.3 is 0 Å². The molecule has 1 fully saturated rings. The molecular weight excluding hydrogens is 266 g/mol. The number of benzene rings is 1. The fourth-order valence-electron chi connectivity index (χ4n) is 2.03. The molecule has 2 rings (SSSR count). The number of amides is 2. The predicted molar refractivity (Wildman–Crippen MR) is 80.4 cm³/mol. The average molecular weight is 285 g/mol. The van der Waals surface area contributed by atoms with Gasteiger partial charge in [-0.05, 0) is 12.1 Å². The van der Waals surface area contributed by atoms with Crippen LogP contribution in [0.3, 0.4) is 0 Å². The quantitative estimate of drug-likeness (QED) is 0.774. The monoisotopic (exact) mass is 285 g/mol. The number of carbonyl (C=O) groups is 2. The van der Waals surface area contributed by atoms with E-state index >= 15 is 0 Å². The SMILES string of the molecule is CN(CC(=O)N1CCNCC1)C(=O)C#Cc1ccccc1. The van der Waals surface area contributed by atoms with Gasteiger partial charge in [-0.3, -0.25) is 9.59 Å². The lowest BCUT2D eigenvalue weighted by atomic mass is 10.2. The summed E-state index contributed by atoms with van der Waals surface area (Å²) in [5.41, 5.74) is 0.785. The van der Waals surface area contributed by atoms with E-state index in [1.807, 2.05) is 30.3 Å². The average Bonchev–Trinajstić information content (AvgIpc) is 2.54. The molecule has 110 valence electrons. The van der Waals surface area contributed by atoms with Crippen molar-refractivity contribution in [1.29, 1.82) is 0 Å². The number of rotatable bonds is 2. The molecule has 1 aromatic rings. The third-order valence-electron chi connectivity index (χ3n) is 3.28. The molecule has 0 saturated carbocycles. The van der Waals surface area contributed by atoms with Crippen molar-refractivity contribution in [1.82, 2.24) is 15.1 Å². The van der Waals surface area contributed by atoms with Gasteiger partial charge in [0.1, 0.15) is 6.54 Å². The molecule has 5 heteroatoms. The highest BCUT2D eigenvalue weighted by atomic mass is 16.2. The van der Waals surface area contributed by atoms with E-state index in [1.165, 1.54) is 4.90 Å². The van der Waals surface area contributed by atoms with Gasteiger partial charge in [-0.15, -0.1) is 0 Å². The van der Waals surface area contributed by atoms with Gasteiger partial charge in [0.05, 0.1) is 0 Å². The summed E-state index contributed by atoms with van der Waals surface area (Å²) < 4.78 is 0. The Hall–Kier alpha value is -2.32. The smallest absolute Gasteiger partial charge is 0.299 e. The van der Waals surface area contributed by atoms with E-state index in [2.05, 4.69) is 17.2 Å². The minimum absolute atomic E-state index is 0.0335. The first kappa shape index (κ1) is 15.1. The molecule has 21 heavy (non-hydrogen) atoms. The van der Waals surface area contributed by atoms with Crippen LogP contribution in [0.5, 0.6) is 0 Å². The van der Waals surface area contributed by atoms with Gasteiger partial charge in [0, 0.05) is 44.7 Å². The molecule has 1 N–H and O–H groups in total. The van der Waals surface area contributed by atoms with Crippen LogP contribution in [0.1, 0.15) is 5.56 Å². The van der Waals surface area contributed by atoms with Gasteiger partial charge < -0.3 is 15.1 Å². The lowest BCUT2D eigenvalue weighted by molar-refractivity contribution is -0.137. The normalized spacial score (nSPS) is 14.0. The second kappa shape index (κ2) is 7.46. The van der Waals surface area contributed by atoms with Crippen molar-refractivity contribution in [2.75, 3.05) is 39.8 Å². The summed E-state index contributed by atoms with van der Waals surface area (Å²) >= 11 is 0. The first-order valence-corrected chi connectivity index (χ1v) is 6.97. The summed E-state index contributed by atoms with van der Waals surface area (Å²) in [4.78, 5) is 27.1. The maximum Gasteiger partial charge on any atom is 0.299 e. The number of likely N-dealkylation sites (N-methyl/N-ethyl adjacent to an activating group) is 1. The van der Waals surface area contributed by atoms with E-state index < -0.39 is 0 Å². The fourth-order valence-corrected chi connectivity index (χ4v) is 2.03. The summed E-state index contributed by atoms with van der Waals surface area (Å²) in [6.07, 6.45) is 0. The topological polar surface area (TPSA) is 52.7 Å². The number of piperazine rings is 1. The van der Waals surface area contributed by atoms with Crippen molar-refractivity contribution in [3.8, 4) is 11.8 Å². The molecule has 0 radical (unpaired) electrons. The van der Waals surface area contributed by atoms with Gasteiger partial charge in [0.2, 0.25) is 5.91 Å². The van der Waals surface area contributed by atoms with Crippen molar-refractivity contribution in [3.63, 3.8) is 0 Å². The summed E-state index contributed by atoms with van der Waals surface area (Å²) in [6, 6.07) is 9.31. The van der Waals surface area contributed by atoms with Crippen LogP contribution in [0.4, 0.5) is 0 Å². The maximum atomic E-state index is 12.0. The Kier molecular flexibility index (Phi) is 5.35. The molecule has 5 nitrogen and oxygen atoms in total. The van der Waals surface area contributed by atoms with E-state index in [-0.39, 0.29) is 18.4 Å². The largest absolute Gasteiger partial charge is 0.339 e. The van der Waals surface area contributed by atoms with Crippen LogP contribution in [-0.4, -0.2) is 61.4 Å². The van der Waals surface area contributed by atoms with Crippen molar-refractivity contribution in [2.24, 2.45) is 0 Å². The Morgan fingerprint density at radius 3 is 2.57 bits per heavy atom. The van der Waals surface area contributed by atoms with E-state index in [4.69, 9.17) is 0 Å². The number of hydrogen-bond acceptors (Lipinski definition) is 3. The molecule has 1 saturated heterocycles. The van der Waals surface area contributed by atoms with Crippen LogP contribution in [0.15, 0.2) is 30.3 Å². The molecule has 0 spiro atoms. The highest BCUT2D eigenvalue weighted by molar-refractivity contribution is 5.96. The Morgan fingerprint density at radius 2 is 1.90 bits per heavy atom. The van der Waals surface area contributed by atoms with Crippen LogP contribution >= 0.6 is 0 Å². The first-order valence-electron chi connectivity index (χ1n) is 6.97. The minimum atomic E-state index is -0.345. The highest BCUT2D eigenvalue weighted by Crippen LogP contribution is 1.97. The second-order valence-electron chi connectivity index (χ2n) is 4.91. The van der Waals surface area contributed by atoms with E-state index in [1.54, 1.807) is 11.9 Å². The van der Waals surface area contributed by atoms with Crippen LogP contribution in [0.2, 0.25) is 0 Å². The molecule has 0 aliphatic carbocycles. The minimum Gasteiger partial charge on any atom is -0.339 e. The van der Waals surface area contributed by atoms with Crippen LogP contribution < -0.4 is 5.32 Å². The molecule has 1 aliphatic heterocycles. The predicted octanol–water partition coefficient (Wildman–Crippen LogP) is -0.0717. The molecule has 1 aromatic carbocycles. The lowest BCUT2D eigenvalue weighted by Crippen LogP contribution is -2.49. The number of nitrogens with zero attached hydrogens (tertiary/aromatic N) is 2. The lowest BCUT2D eigenvalue weighted by Gasteiger charge is -2.28.